The molecule has 5 heteroatoms. The number of unbranched alkanes of at least 4 members (excludes halogenated alkanes) is 5. The molecular weight excluding hydrogens is 376 g/mol. The molecule has 1 saturated carbocycles. The lowest BCUT2D eigenvalue weighted by molar-refractivity contribution is -0.883. The minimum atomic E-state index is -0.368. The highest BCUT2D eigenvalue weighted by atomic mass is 16.3. The Kier molecular flexibility index (Phi) is 11.7. The maximum atomic E-state index is 12.3. The van der Waals surface area contributed by atoms with E-state index in [0.29, 0.717) is 30.4 Å². The standard InChI is InChI=1S/C25H44N2O3/c1-3-4-7-10-22(28)15-13-21-14-16-24(29)23(21)11-8-5-6-9-12-25(30)27-19-17-26(2)18-20-27/h13,15,21-23,28H,3-12,14,16-20H2,1-2H3/p+1/b15-13+/t21-,22-,23+/m0/s1. The summed E-state index contributed by atoms with van der Waals surface area (Å²) in [4.78, 5) is 28.1. The van der Waals surface area contributed by atoms with Crippen molar-refractivity contribution in [2.45, 2.75) is 90.1 Å². The zero-order valence-corrected chi connectivity index (χ0v) is 19.4. The maximum absolute atomic E-state index is 12.3. The largest absolute Gasteiger partial charge is 0.389 e. The molecule has 5 nitrogen and oxygen atoms in total. The van der Waals surface area contributed by atoms with Gasteiger partial charge < -0.3 is 14.9 Å². The number of nitrogens with zero attached hydrogens (tertiary/aromatic N) is 1. The molecule has 1 aliphatic carbocycles. The number of nitrogens with one attached hydrogen (secondary N) is 1. The van der Waals surface area contributed by atoms with E-state index in [0.717, 1.165) is 84.0 Å². The van der Waals surface area contributed by atoms with Crippen LogP contribution in [0.1, 0.15) is 84.0 Å². The summed E-state index contributed by atoms with van der Waals surface area (Å²) in [6, 6.07) is 0. The topological polar surface area (TPSA) is 62.0 Å². The number of hydrogen-bond donors (Lipinski definition) is 2. The molecule has 0 unspecified atom stereocenters. The molecule has 0 bridgehead atoms. The smallest absolute Gasteiger partial charge is 0.222 e. The predicted octanol–water partition coefficient (Wildman–Crippen LogP) is 2.78. The average Bonchev–Trinajstić information content (AvgIpc) is 3.09. The molecule has 172 valence electrons. The van der Waals surface area contributed by atoms with Crippen LogP contribution < -0.4 is 4.90 Å². The highest BCUT2D eigenvalue weighted by molar-refractivity contribution is 5.83. The number of rotatable bonds is 13. The summed E-state index contributed by atoms with van der Waals surface area (Å²) in [7, 11) is 2.19. The van der Waals surface area contributed by atoms with E-state index in [4.69, 9.17) is 0 Å². The molecule has 1 saturated heterocycles. The van der Waals surface area contributed by atoms with E-state index in [1.807, 2.05) is 11.0 Å². The van der Waals surface area contributed by atoms with Crippen LogP contribution in [0.5, 0.6) is 0 Å². The number of aliphatic hydroxyl groups is 1. The molecule has 1 aliphatic heterocycles. The number of ketones is 1. The van der Waals surface area contributed by atoms with Crippen LogP contribution in [0.25, 0.3) is 0 Å². The molecule has 0 aromatic carbocycles. The highest BCUT2D eigenvalue weighted by Gasteiger charge is 2.32. The number of hydrogen-bond acceptors (Lipinski definition) is 3. The third-order valence-corrected chi connectivity index (χ3v) is 6.96. The molecule has 3 atom stereocenters. The fraction of sp³-hybridized carbons (Fsp3) is 0.840. The van der Waals surface area contributed by atoms with E-state index < -0.39 is 0 Å². The summed E-state index contributed by atoms with van der Waals surface area (Å²) >= 11 is 0. The summed E-state index contributed by atoms with van der Waals surface area (Å²) < 4.78 is 0. The fourth-order valence-electron chi connectivity index (χ4n) is 4.80. The Hall–Kier alpha value is -1.20. The second-order valence-corrected chi connectivity index (χ2v) is 9.51. The zero-order chi connectivity index (χ0) is 21.8. The van der Waals surface area contributed by atoms with Crippen molar-refractivity contribution in [3.05, 3.63) is 12.2 Å². The van der Waals surface area contributed by atoms with Crippen molar-refractivity contribution in [1.29, 1.82) is 0 Å². The molecule has 30 heavy (non-hydrogen) atoms. The molecule has 2 aliphatic rings. The van der Waals surface area contributed by atoms with Gasteiger partial charge in [-0.2, -0.15) is 0 Å². The Labute approximate surface area is 183 Å². The van der Waals surface area contributed by atoms with Crippen LogP contribution in [0.15, 0.2) is 12.2 Å². The van der Waals surface area contributed by atoms with E-state index in [2.05, 4.69) is 20.0 Å². The van der Waals surface area contributed by atoms with Crippen molar-refractivity contribution >= 4 is 11.7 Å². The van der Waals surface area contributed by atoms with Crippen molar-refractivity contribution in [2.24, 2.45) is 11.8 Å². The van der Waals surface area contributed by atoms with Gasteiger partial charge >= 0.3 is 0 Å². The minimum Gasteiger partial charge on any atom is -0.389 e. The van der Waals surface area contributed by atoms with Gasteiger partial charge in [-0.25, -0.2) is 0 Å². The number of aliphatic hydroxyl groups excluding tert-OH is 1. The Morgan fingerprint density at radius 2 is 1.90 bits per heavy atom. The summed E-state index contributed by atoms with van der Waals surface area (Å²) in [5, 5.41) is 10.1. The van der Waals surface area contributed by atoms with Gasteiger partial charge in [-0.15, -0.1) is 0 Å². The number of carbonyl (C=O) groups is 2. The first-order valence-electron chi connectivity index (χ1n) is 12.5. The summed E-state index contributed by atoms with van der Waals surface area (Å²) in [5.41, 5.74) is 0. The van der Waals surface area contributed by atoms with Crippen LogP contribution in [0.3, 0.4) is 0 Å². The van der Waals surface area contributed by atoms with Gasteiger partial charge in [0.2, 0.25) is 5.91 Å². The lowest BCUT2D eigenvalue weighted by atomic mass is 9.89. The number of amides is 1. The van der Waals surface area contributed by atoms with Gasteiger partial charge in [0.25, 0.3) is 0 Å². The van der Waals surface area contributed by atoms with Crippen molar-refractivity contribution in [2.75, 3.05) is 33.2 Å². The Morgan fingerprint density at radius 3 is 2.63 bits per heavy atom. The molecule has 2 rings (SSSR count). The van der Waals surface area contributed by atoms with Crippen molar-refractivity contribution in [1.82, 2.24) is 4.90 Å². The van der Waals surface area contributed by atoms with Gasteiger partial charge in [0.15, 0.2) is 0 Å². The van der Waals surface area contributed by atoms with E-state index >= 15 is 0 Å². The molecule has 2 fully saturated rings. The summed E-state index contributed by atoms with van der Waals surface area (Å²) in [6.45, 7) is 6.09. The monoisotopic (exact) mass is 421 g/mol. The van der Waals surface area contributed by atoms with Gasteiger partial charge in [0, 0.05) is 18.8 Å². The molecule has 0 aromatic rings. The first kappa shape index (κ1) is 25.1. The third-order valence-electron chi connectivity index (χ3n) is 6.96. The number of quaternary nitrogens is 1. The third kappa shape index (κ3) is 8.89. The number of piperazine rings is 1. The summed E-state index contributed by atoms with van der Waals surface area (Å²) in [6.07, 6.45) is 15.3. The Morgan fingerprint density at radius 1 is 1.17 bits per heavy atom. The molecule has 0 radical (unpaired) electrons. The number of allylic oxidation sites excluding steroid dienone is 1. The maximum Gasteiger partial charge on any atom is 0.222 e. The lowest BCUT2D eigenvalue weighted by Gasteiger charge is -2.30. The minimum absolute atomic E-state index is 0.138. The van der Waals surface area contributed by atoms with Gasteiger partial charge in [-0.05, 0) is 31.6 Å². The predicted molar refractivity (Wildman–Crippen MR) is 121 cm³/mol. The van der Waals surface area contributed by atoms with Crippen molar-refractivity contribution in [3.8, 4) is 0 Å². The van der Waals surface area contributed by atoms with E-state index in [9.17, 15) is 14.7 Å². The van der Waals surface area contributed by atoms with Gasteiger partial charge in [0.1, 0.15) is 5.78 Å². The van der Waals surface area contributed by atoms with Gasteiger partial charge in [-0.3, -0.25) is 9.59 Å². The number of carbonyl (C=O) groups excluding carboxylic acids is 2. The van der Waals surface area contributed by atoms with E-state index in [1.165, 1.54) is 11.3 Å². The van der Waals surface area contributed by atoms with Crippen LogP contribution in [0.2, 0.25) is 0 Å². The number of likely N-dealkylation sites (N-methyl/N-ethyl adjacent to an activating group) is 1. The molecule has 1 heterocycles. The van der Waals surface area contributed by atoms with E-state index in [1.54, 1.807) is 0 Å². The second-order valence-electron chi connectivity index (χ2n) is 9.51. The molecule has 0 aromatic heterocycles. The van der Waals surface area contributed by atoms with E-state index in [-0.39, 0.29) is 12.0 Å². The Bertz CT molecular complexity index is 541. The van der Waals surface area contributed by atoms with Crippen LogP contribution in [0, 0.1) is 11.8 Å². The quantitative estimate of drug-likeness (QED) is 0.355. The first-order valence-corrected chi connectivity index (χ1v) is 12.5. The fourth-order valence-corrected chi connectivity index (χ4v) is 4.80. The van der Waals surface area contributed by atoms with Crippen molar-refractivity contribution in [3.63, 3.8) is 0 Å². The highest BCUT2D eigenvalue weighted by Crippen LogP contribution is 2.34. The van der Waals surface area contributed by atoms with Crippen LogP contribution in [-0.2, 0) is 9.59 Å². The van der Waals surface area contributed by atoms with Crippen LogP contribution in [-0.4, -0.2) is 61.0 Å². The van der Waals surface area contributed by atoms with Gasteiger partial charge in [-0.1, -0.05) is 57.6 Å². The molecule has 0 spiro atoms. The van der Waals surface area contributed by atoms with Crippen LogP contribution >= 0.6 is 0 Å². The SMILES string of the molecule is CCCCC[C@H](O)/C=C/[C@H]1CCC(=O)[C@@H]1CCCCCCC(=O)N1CC[NH+](C)CC1. The Balaban J connectivity index is 1.59. The molecular formula is C25H45N2O3+. The zero-order valence-electron chi connectivity index (χ0n) is 19.4. The molecule has 2 N–H and O–H groups in total. The lowest BCUT2D eigenvalue weighted by Crippen LogP contribution is -3.12. The van der Waals surface area contributed by atoms with Crippen molar-refractivity contribution < 1.29 is 19.6 Å². The summed E-state index contributed by atoms with van der Waals surface area (Å²) in [5.74, 6) is 1.16. The molecule has 1 amide bonds. The first-order chi connectivity index (χ1) is 14.5. The second kappa shape index (κ2) is 14.0. The van der Waals surface area contributed by atoms with Crippen LogP contribution in [0.4, 0.5) is 0 Å². The van der Waals surface area contributed by atoms with Gasteiger partial charge in [0.05, 0.1) is 39.3 Å². The average molecular weight is 422 g/mol. The number of Topliss-reactive ketones (excluding diaryl/α,β-unsaturated/α-hetero) is 1. The normalized spacial score (nSPS) is 24.1.